The van der Waals surface area contributed by atoms with E-state index in [1.54, 1.807) is 0 Å². The van der Waals surface area contributed by atoms with Crippen LogP contribution in [0.3, 0.4) is 0 Å². The van der Waals surface area contributed by atoms with Gasteiger partial charge >= 0.3 is 0 Å². The summed E-state index contributed by atoms with van der Waals surface area (Å²) >= 11 is 0. The van der Waals surface area contributed by atoms with Crippen molar-refractivity contribution in [1.29, 1.82) is 0 Å². The third-order valence-electron chi connectivity index (χ3n) is 4.82. The summed E-state index contributed by atoms with van der Waals surface area (Å²) in [7, 11) is 0. The number of carbonyl (C=O) groups is 1. The third-order valence-corrected chi connectivity index (χ3v) is 4.82. The average Bonchev–Trinajstić information content (AvgIpc) is 3.01. The fourth-order valence-corrected chi connectivity index (χ4v) is 3.12. The quantitative estimate of drug-likeness (QED) is 0.902. The number of carbonyl (C=O) groups excluding carboxylic acids is 1. The van der Waals surface area contributed by atoms with Gasteiger partial charge in [-0.05, 0) is 49.6 Å². The van der Waals surface area contributed by atoms with E-state index in [-0.39, 0.29) is 23.2 Å². The molecule has 3 nitrogen and oxygen atoms in total. The minimum absolute atomic E-state index is 0.0181. The summed E-state index contributed by atoms with van der Waals surface area (Å²) < 4.78 is 15.0. The summed E-state index contributed by atoms with van der Waals surface area (Å²) in [6.07, 6.45) is 7.01. The van der Waals surface area contributed by atoms with Crippen molar-refractivity contribution in [2.24, 2.45) is 0 Å². The maximum atomic E-state index is 13.1. The van der Waals surface area contributed by atoms with Crippen LogP contribution in [0.4, 0.5) is 4.39 Å². The fourth-order valence-electron chi connectivity index (χ4n) is 3.12. The zero-order chi connectivity index (χ0) is 15.6. The molecule has 0 aliphatic heterocycles. The van der Waals surface area contributed by atoms with Crippen LogP contribution in [0.5, 0.6) is 0 Å². The Balaban J connectivity index is 1.66. The normalized spacial score (nSPS) is 17.5. The van der Waals surface area contributed by atoms with Gasteiger partial charge in [0.25, 0.3) is 0 Å². The molecule has 1 aliphatic carbocycles. The summed E-state index contributed by atoms with van der Waals surface area (Å²) in [6, 6.07) is 10.3. The Bertz CT molecular complexity index is 630. The Hall–Kier alpha value is -2.10. The monoisotopic (exact) mass is 300 g/mol. The van der Waals surface area contributed by atoms with Crippen molar-refractivity contribution in [3.8, 4) is 0 Å². The van der Waals surface area contributed by atoms with E-state index in [0.29, 0.717) is 6.54 Å². The van der Waals surface area contributed by atoms with Gasteiger partial charge in [0.05, 0.1) is 0 Å². The number of hydrogen-bond donors (Lipinski definition) is 1. The molecule has 0 unspecified atom stereocenters. The van der Waals surface area contributed by atoms with Gasteiger partial charge in [-0.3, -0.25) is 4.79 Å². The van der Waals surface area contributed by atoms with Crippen molar-refractivity contribution in [2.75, 3.05) is 6.54 Å². The molecule has 2 aromatic rings. The van der Waals surface area contributed by atoms with E-state index in [2.05, 4.69) is 5.32 Å². The SMILES string of the molecule is C[C@H](C(=O)NCC1(c2ccc(F)cc2)CCC1)n1cccc1. The van der Waals surface area contributed by atoms with Gasteiger partial charge in [0.2, 0.25) is 5.91 Å². The molecule has 1 heterocycles. The van der Waals surface area contributed by atoms with Crippen molar-refractivity contribution in [3.05, 3.63) is 60.2 Å². The van der Waals surface area contributed by atoms with Crippen LogP contribution in [0.1, 0.15) is 37.8 Å². The maximum Gasteiger partial charge on any atom is 0.242 e. The fraction of sp³-hybridized carbons (Fsp3) is 0.389. The number of nitrogens with one attached hydrogen (secondary N) is 1. The first-order valence-corrected chi connectivity index (χ1v) is 7.77. The lowest BCUT2D eigenvalue weighted by atomic mass is 9.64. The van der Waals surface area contributed by atoms with E-state index in [1.165, 1.54) is 12.1 Å². The molecule has 1 aromatic heterocycles. The van der Waals surface area contributed by atoms with Crippen LogP contribution in [0.15, 0.2) is 48.8 Å². The molecular weight excluding hydrogens is 279 g/mol. The molecule has 116 valence electrons. The highest BCUT2D eigenvalue weighted by Gasteiger charge is 2.39. The van der Waals surface area contributed by atoms with E-state index < -0.39 is 0 Å². The Labute approximate surface area is 130 Å². The summed E-state index contributed by atoms with van der Waals surface area (Å²) in [6.45, 7) is 2.50. The second-order valence-electron chi connectivity index (χ2n) is 6.16. The molecule has 1 atom stereocenters. The molecule has 22 heavy (non-hydrogen) atoms. The maximum absolute atomic E-state index is 13.1. The lowest BCUT2D eigenvalue weighted by Gasteiger charge is -2.42. The van der Waals surface area contributed by atoms with Gasteiger partial charge < -0.3 is 9.88 Å². The van der Waals surface area contributed by atoms with E-state index >= 15 is 0 Å². The molecule has 0 spiro atoms. The zero-order valence-corrected chi connectivity index (χ0v) is 12.8. The lowest BCUT2D eigenvalue weighted by Crippen LogP contribution is -2.46. The predicted molar refractivity (Wildman–Crippen MR) is 84.1 cm³/mol. The molecule has 1 saturated carbocycles. The number of rotatable bonds is 5. The second kappa shape index (κ2) is 5.95. The Morgan fingerprint density at radius 3 is 2.45 bits per heavy atom. The minimum Gasteiger partial charge on any atom is -0.353 e. The molecule has 0 radical (unpaired) electrons. The van der Waals surface area contributed by atoms with Gasteiger partial charge in [0.1, 0.15) is 11.9 Å². The summed E-state index contributed by atoms with van der Waals surface area (Å²) in [5.41, 5.74) is 1.09. The second-order valence-corrected chi connectivity index (χ2v) is 6.16. The van der Waals surface area contributed by atoms with Gasteiger partial charge in [-0.25, -0.2) is 4.39 Å². The van der Waals surface area contributed by atoms with Gasteiger partial charge in [-0.15, -0.1) is 0 Å². The van der Waals surface area contributed by atoms with Gasteiger partial charge in [-0.1, -0.05) is 18.6 Å². The number of hydrogen-bond acceptors (Lipinski definition) is 1. The number of halogens is 1. The number of nitrogens with zero attached hydrogens (tertiary/aromatic N) is 1. The third kappa shape index (κ3) is 2.78. The molecule has 3 rings (SSSR count). The van der Waals surface area contributed by atoms with Crippen molar-refractivity contribution in [2.45, 2.75) is 37.6 Å². The summed E-state index contributed by atoms with van der Waals surface area (Å²) in [5, 5.41) is 3.07. The van der Waals surface area contributed by atoms with E-state index in [0.717, 1.165) is 24.8 Å². The Morgan fingerprint density at radius 2 is 1.91 bits per heavy atom. The van der Waals surface area contributed by atoms with Crippen LogP contribution in [-0.2, 0) is 10.2 Å². The molecule has 1 fully saturated rings. The van der Waals surface area contributed by atoms with E-state index in [9.17, 15) is 9.18 Å². The summed E-state index contributed by atoms with van der Waals surface area (Å²) in [4.78, 5) is 12.3. The van der Waals surface area contributed by atoms with Crippen molar-refractivity contribution < 1.29 is 9.18 Å². The molecule has 1 amide bonds. The van der Waals surface area contributed by atoms with Crippen LogP contribution in [0, 0.1) is 5.82 Å². The van der Waals surface area contributed by atoms with Crippen molar-refractivity contribution >= 4 is 5.91 Å². The van der Waals surface area contributed by atoms with Gasteiger partial charge in [0.15, 0.2) is 0 Å². The van der Waals surface area contributed by atoms with E-state index in [4.69, 9.17) is 0 Å². The average molecular weight is 300 g/mol. The zero-order valence-electron chi connectivity index (χ0n) is 12.8. The number of aromatic nitrogens is 1. The van der Waals surface area contributed by atoms with Gasteiger partial charge in [-0.2, -0.15) is 0 Å². The highest BCUT2D eigenvalue weighted by molar-refractivity contribution is 5.80. The molecule has 1 aromatic carbocycles. The molecular formula is C18H21FN2O. The molecule has 0 bridgehead atoms. The Kier molecular flexibility index (Phi) is 4.01. The number of benzene rings is 1. The topological polar surface area (TPSA) is 34.0 Å². The summed E-state index contributed by atoms with van der Waals surface area (Å²) in [5.74, 6) is -0.201. The highest BCUT2D eigenvalue weighted by Crippen LogP contribution is 2.43. The van der Waals surface area contributed by atoms with Crippen LogP contribution in [0.2, 0.25) is 0 Å². The predicted octanol–water partition coefficient (Wildman–Crippen LogP) is 3.43. The first-order chi connectivity index (χ1) is 10.6. The highest BCUT2D eigenvalue weighted by atomic mass is 19.1. The van der Waals surface area contributed by atoms with Crippen molar-refractivity contribution in [3.63, 3.8) is 0 Å². The van der Waals surface area contributed by atoms with Crippen LogP contribution in [0.25, 0.3) is 0 Å². The van der Waals surface area contributed by atoms with Crippen LogP contribution < -0.4 is 5.32 Å². The largest absolute Gasteiger partial charge is 0.353 e. The van der Waals surface area contributed by atoms with Crippen LogP contribution >= 0.6 is 0 Å². The molecule has 1 N–H and O–H groups in total. The molecule has 1 aliphatic rings. The first kappa shape index (κ1) is 14.8. The van der Waals surface area contributed by atoms with Gasteiger partial charge in [0, 0.05) is 24.4 Å². The first-order valence-electron chi connectivity index (χ1n) is 7.77. The minimum atomic E-state index is -0.222. The van der Waals surface area contributed by atoms with Crippen molar-refractivity contribution in [1.82, 2.24) is 9.88 Å². The van der Waals surface area contributed by atoms with E-state index in [1.807, 2.05) is 48.1 Å². The lowest BCUT2D eigenvalue weighted by molar-refractivity contribution is -0.124. The standard InChI is InChI=1S/C18H21FN2O/c1-14(21-11-2-3-12-21)17(22)20-13-18(9-4-10-18)15-5-7-16(19)8-6-15/h2-3,5-8,11-12,14H,4,9-10,13H2,1H3,(H,20,22)/t14-/m1/s1. The number of amides is 1. The molecule has 4 heteroatoms. The smallest absolute Gasteiger partial charge is 0.242 e. The molecule has 0 saturated heterocycles. The Morgan fingerprint density at radius 1 is 1.27 bits per heavy atom. The van der Waals surface area contributed by atoms with Crippen LogP contribution in [-0.4, -0.2) is 17.0 Å².